The van der Waals surface area contributed by atoms with Gasteiger partial charge in [0.25, 0.3) is 0 Å². The lowest BCUT2D eigenvalue weighted by atomic mass is 10.2. The second-order valence-electron chi connectivity index (χ2n) is 4.84. The molecular formula is C15H13NO4. The maximum atomic E-state index is 12.0. The third kappa shape index (κ3) is 2.42. The molecule has 102 valence electrons. The number of carboxylic acids is 1. The van der Waals surface area contributed by atoms with Gasteiger partial charge < -0.3 is 14.8 Å². The highest BCUT2D eigenvalue weighted by Gasteiger charge is 2.45. The van der Waals surface area contributed by atoms with Crippen molar-refractivity contribution in [2.45, 2.75) is 12.3 Å². The molecule has 1 heterocycles. The van der Waals surface area contributed by atoms with Crippen molar-refractivity contribution in [3.63, 3.8) is 0 Å². The predicted molar refractivity (Wildman–Crippen MR) is 71.6 cm³/mol. The summed E-state index contributed by atoms with van der Waals surface area (Å²) in [5, 5.41) is 11.6. The van der Waals surface area contributed by atoms with Crippen LogP contribution in [0.25, 0.3) is 0 Å². The zero-order valence-corrected chi connectivity index (χ0v) is 10.6. The van der Waals surface area contributed by atoms with E-state index < -0.39 is 5.97 Å². The van der Waals surface area contributed by atoms with Gasteiger partial charge in [0.15, 0.2) is 0 Å². The summed E-state index contributed by atoms with van der Waals surface area (Å²) in [5.41, 5.74) is 0.799. The Kier molecular flexibility index (Phi) is 3.02. The Morgan fingerprint density at radius 1 is 1.20 bits per heavy atom. The minimum Gasteiger partial charge on any atom is -0.478 e. The Balaban J connectivity index is 1.61. The van der Waals surface area contributed by atoms with E-state index in [2.05, 4.69) is 5.32 Å². The molecule has 5 heteroatoms. The number of rotatable bonds is 4. The van der Waals surface area contributed by atoms with Gasteiger partial charge in [0.2, 0.25) is 5.91 Å². The van der Waals surface area contributed by atoms with E-state index in [-0.39, 0.29) is 23.3 Å². The largest absolute Gasteiger partial charge is 0.478 e. The van der Waals surface area contributed by atoms with Crippen LogP contribution in [-0.2, 0) is 4.79 Å². The van der Waals surface area contributed by atoms with Crippen LogP contribution in [0.2, 0.25) is 0 Å². The van der Waals surface area contributed by atoms with Crippen LogP contribution in [0.5, 0.6) is 0 Å². The quantitative estimate of drug-likeness (QED) is 0.896. The molecule has 1 aliphatic rings. The van der Waals surface area contributed by atoms with Crippen LogP contribution in [0.1, 0.15) is 28.5 Å². The maximum Gasteiger partial charge on any atom is 0.335 e. The predicted octanol–water partition coefficient (Wildman–Crippen LogP) is 2.72. The highest BCUT2D eigenvalue weighted by Crippen LogP contribution is 2.48. The molecule has 2 N–H and O–H groups in total. The number of anilines is 1. The van der Waals surface area contributed by atoms with E-state index in [1.165, 1.54) is 12.1 Å². The van der Waals surface area contributed by atoms with Gasteiger partial charge in [-0.1, -0.05) is 0 Å². The van der Waals surface area contributed by atoms with Crippen molar-refractivity contribution in [1.82, 2.24) is 0 Å². The number of aromatic carboxylic acids is 1. The fraction of sp³-hybridized carbons (Fsp3) is 0.200. The second kappa shape index (κ2) is 4.85. The molecule has 1 aliphatic carbocycles. The third-order valence-electron chi connectivity index (χ3n) is 3.44. The molecule has 1 aromatic carbocycles. The average molecular weight is 271 g/mol. The summed E-state index contributed by atoms with van der Waals surface area (Å²) in [6.45, 7) is 0. The summed E-state index contributed by atoms with van der Waals surface area (Å²) in [6, 6.07) is 9.80. The second-order valence-corrected chi connectivity index (χ2v) is 4.84. The van der Waals surface area contributed by atoms with Crippen LogP contribution in [0.3, 0.4) is 0 Å². The Hall–Kier alpha value is -2.56. The minimum atomic E-state index is -0.983. The van der Waals surface area contributed by atoms with Gasteiger partial charge in [0, 0.05) is 17.5 Å². The molecule has 0 radical (unpaired) electrons. The van der Waals surface area contributed by atoms with Crippen molar-refractivity contribution < 1.29 is 19.1 Å². The fourth-order valence-corrected chi connectivity index (χ4v) is 2.23. The van der Waals surface area contributed by atoms with Gasteiger partial charge in [-0.2, -0.15) is 0 Å². The molecule has 0 unspecified atom stereocenters. The Morgan fingerprint density at radius 3 is 2.55 bits per heavy atom. The van der Waals surface area contributed by atoms with Crippen LogP contribution in [0, 0.1) is 5.92 Å². The lowest BCUT2D eigenvalue weighted by molar-refractivity contribution is -0.117. The molecular weight excluding hydrogens is 258 g/mol. The van der Waals surface area contributed by atoms with Crippen LogP contribution in [0.4, 0.5) is 5.69 Å². The minimum absolute atomic E-state index is 0.0607. The molecule has 1 saturated carbocycles. The van der Waals surface area contributed by atoms with Gasteiger partial charge >= 0.3 is 5.97 Å². The van der Waals surface area contributed by atoms with Gasteiger partial charge in [0.1, 0.15) is 5.76 Å². The summed E-state index contributed by atoms with van der Waals surface area (Å²) < 4.78 is 5.28. The number of hydrogen-bond donors (Lipinski definition) is 2. The molecule has 2 aromatic rings. The summed E-state index contributed by atoms with van der Waals surface area (Å²) >= 11 is 0. The van der Waals surface area contributed by atoms with Crippen molar-refractivity contribution in [2.24, 2.45) is 5.92 Å². The molecule has 20 heavy (non-hydrogen) atoms. The van der Waals surface area contributed by atoms with Crippen molar-refractivity contribution in [1.29, 1.82) is 0 Å². The first-order chi connectivity index (χ1) is 9.65. The zero-order chi connectivity index (χ0) is 14.1. The molecule has 3 rings (SSSR count). The number of hydrogen-bond acceptors (Lipinski definition) is 3. The Labute approximate surface area is 115 Å². The Morgan fingerprint density at radius 2 is 1.95 bits per heavy atom. The smallest absolute Gasteiger partial charge is 0.335 e. The first-order valence-corrected chi connectivity index (χ1v) is 6.33. The van der Waals surface area contributed by atoms with E-state index >= 15 is 0 Å². The number of nitrogens with one attached hydrogen (secondary N) is 1. The van der Waals surface area contributed by atoms with Crippen molar-refractivity contribution in [3.8, 4) is 0 Å². The number of benzene rings is 1. The highest BCUT2D eigenvalue weighted by atomic mass is 16.4. The first kappa shape index (κ1) is 12.5. The molecule has 1 aromatic heterocycles. The van der Waals surface area contributed by atoms with Crippen molar-refractivity contribution in [3.05, 3.63) is 54.0 Å². The summed E-state index contributed by atoms with van der Waals surface area (Å²) in [5.74, 6) is -0.118. The third-order valence-corrected chi connectivity index (χ3v) is 3.44. The van der Waals surface area contributed by atoms with E-state index in [1.807, 2.05) is 12.1 Å². The van der Waals surface area contributed by atoms with Gasteiger partial charge in [-0.05, 0) is 42.8 Å². The highest BCUT2D eigenvalue weighted by molar-refractivity contribution is 5.95. The van der Waals surface area contributed by atoms with Crippen LogP contribution in [0.15, 0.2) is 47.1 Å². The van der Waals surface area contributed by atoms with E-state index in [9.17, 15) is 9.59 Å². The molecule has 1 fully saturated rings. The van der Waals surface area contributed by atoms with Gasteiger partial charge in [-0.15, -0.1) is 0 Å². The summed E-state index contributed by atoms with van der Waals surface area (Å²) in [4.78, 5) is 22.8. The molecule has 0 bridgehead atoms. The number of carbonyl (C=O) groups is 2. The maximum absolute atomic E-state index is 12.0. The fourth-order valence-electron chi connectivity index (χ4n) is 2.23. The van der Waals surface area contributed by atoms with Crippen LogP contribution >= 0.6 is 0 Å². The van der Waals surface area contributed by atoms with E-state index in [1.54, 1.807) is 18.4 Å². The van der Waals surface area contributed by atoms with E-state index in [0.717, 1.165) is 12.2 Å². The average Bonchev–Trinajstić information content (AvgIpc) is 3.06. The van der Waals surface area contributed by atoms with Gasteiger partial charge in [-0.3, -0.25) is 4.79 Å². The zero-order valence-electron chi connectivity index (χ0n) is 10.6. The van der Waals surface area contributed by atoms with Gasteiger partial charge in [-0.25, -0.2) is 4.79 Å². The molecule has 0 spiro atoms. The van der Waals surface area contributed by atoms with E-state index in [0.29, 0.717) is 5.69 Å². The SMILES string of the molecule is O=C(O)c1ccc(NC(=O)[C@@H]2C[C@H]2c2ccco2)cc1. The number of carbonyl (C=O) groups excluding carboxylic acids is 1. The topological polar surface area (TPSA) is 79.5 Å². The first-order valence-electron chi connectivity index (χ1n) is 6.33. The number of furan rings is 1. The monoisotopic (exact) mass is 271 g/mol. The summed E-state index contributed by atoms with van der Waals surface area (Å²) in [7, 11) is 0. The Bertz CT molecular complexity index is 630. The number of amides is 1. The molecule has 0 aliphatic heterocycles. The van der Waals surface area contributed by atoms with Gasteiger partial charge in [0.05, 0.1) is 11.8 Å². The molecule has 0 saturated heterocycles. The molecule has 1 amide bonds. The van der Waals surface area contributed by atoms with Crippen LogP contribution in [-0.4, -0.2) is 17.0 Å². The lowest BCUT2D eigenvalue weighted by Gasteiger charge is -2.04. The van der Waals surface area contributed by atoms with E-state index in [4.69, 9.17) is 9.52 Å². The molecule has 2 atom stereocenters. The molecule has 5 nitrogen and oxygen atoms in total. The normalized spacial score (nSPS) is 20.4. The lowest BCUT2D eigenvalue weighted by Crippen LogP contribution is -2.14. The van der Waals surface area contributed by atoms with Crippen LogP contribution < -0.4 is 5.32 Å². The number of carboxylic acid groups (broad SMARTS) is 1. The summed E-state index contributed by atoms with van der Waals surface area (Å²) in [6.07, 6.45) is 2.39. The van der Waals surface area contributed by atoms with Crippen molar-refractivity contribution in [2.75, 3.05) is 5.32 Å². The van der Waals surface area contributed by atoms with Crippen molar-refractivity contribution >= 4 is 17.6 Å². The standard InChI is InChI=1S/C15H13NO4/c17-14(12-8-11(12)13-2-1-7-20-13)16-10-5-3-9(4-6-10)15(18)19/h1-7,11-12H,8H2,(H,16,17)(H,18,19)/t11-,12-/m1/s1.